The van der Waals surface area contributed by atoms with E-state index in [2.05, 4.69) is 45.9 Å². The Balaban J connectivity index is 1.61. The fraction of sp³-hybridized carbons (Fsp3) is 0.214. The molecule has 4 heteroatoms. The van der Waals surface area contributed by atoms with E-state index < -0.39 is 0 Å². The van der Waals surface area contributed by atoms with Crippen molar-refractivity contribution in [1.29, 1.82) is 0 Å². The van der Waals surface area contributed by atoms with Crippen molar-refractivity contribution in [3.8, 4) is 17.2 Å². The molecule has 164 valence electrons. The minimum absolute atomic E-state index is 0.149. The van der Waals surface area contributed by atoms with Gasteiger partial charge in [0.25, 0.3) is 0 Å². The van der Waals surface area contributed by atoms with Crippen LogP contribution in [0.4, 0.5) is 11.4 Å². The predicted molar refractivity (Wildman–Crippen MR) is 133 cm³/mol. The fourth-order valence-corrected chi connectivity index (χ4v) is 4.24. The van der Waals surface area contributed by atoms with Crippen LogP contribution in [0.3, 0.4) is 0 Å². The highest BCUT2D eigenvalue weighted by Gasteiger charge is 2.32. The zero-order valence-electron chi connectivity index (χ0n) is 19.1. The van der Waals surface area contributed by atoms with Gasteiger partial charge in [0.2, 0.25) is 0 Å². The summed E-state index contributed by atoms with van der Waals surface area (Å²) in [6.07, 6.45) is 3.09. The lowest BCUT2D eigenvalue weighted by Gasteiger charge is -2.34. The molecule has 0 atom stereocenters. The van der Waals surface area contributed by atoms with Gasteiger partial charge in [-0.25, -0.2) is 0 Å². The molecule has 4 rings (SSSR count). The largest absolute Gasteiger partial charge is 0.461 e. The molecule has 3 aromatic rings. The molecule has 0 aliphatic heterocycles. The summed E-state index contributed by atoms with van der Waals surface area (Å²) in [6, 6.07) is 21.4. The molecule has 0 radical (unpaired) electrons. The molecule has 32 heavy (non-hydrogen) atoms. The van der Waals surface area contributed by atoms with Gasteiger partial charge in [0.15, 0.2) is 0 Å². The molecular formula is C28H30N2O2. The Bertz CT molecular complexity index is 1220. The van der Waals surface area contributed by atoms with E-state index >= 15 is 0 Å². The zero-order valence-corrected chi connectivity index (χ0v) is 19.1. The van der Waals surface area contributed by atoms with Crippen LogP contribution >= 0.6 is 0 Å². The molecule has 4 nitrogen and oxygen atoms in total. The van der Waals surface area contributed by atoms with Gasteiger partial charge in [-0.3, -0.25) is 0 Å². The first-order chi connectivity index (χ1) is 15.2. The lowest BCUT2D eigenvalue weighted by atomic mass is 9.76. The van der Waals surface area contributed by atoms with Crippen LogP contribution in [-0.2, 0) is 0 Å². The predicted octanol–water partition coefficient (Wildman–Crippen LogP) is 7.12. The minimum atomic E-state index is -0.149. The molecule has 0 aromatic heterocycles. The van der Waals surface area contributed by atoms with Crippen LogP contribution in [0.15, 0.2) is 84.1 Å². The number of rotatable bonds is 5. The summed E-state index contributed by atoms with van der Waals surface area (Å²) in [5.74, 6) is 3.31. The number of hydrogen-bond acceptors (Lipinski definition) is 4. The molecule has 0 heterocycles. The van der Waals surface area contributed by atoms with Crippen molar-refractivity contribution in [2.45, 2.75) is 34.1 Å². The Morgan fingerprint density at radius 1 is 0.781 bits per heavy atom. The van der Waals surface area contributed by atoms with Crippen LogP contribution in [0.2, 0.25) is 0 Å². The first-order valence-electron chi connectivity index (χ1n) is 10.8. The van der Waals surface area contributed by atoms with Gasteiger partial charge in [0.1, 0.15) is 23.0 Å². The summed E-state index contributed by atoms with van der Waals surface area (Å²) in [5.41, 5.74) is 17.7. The van der Waals surface area contributed by atoms with E-state index in [1.165, 1.54) is 11.1 Å². The van der Waals surface area contributed by atoms with E-state index in [1.807, 2.05) is 54.6 Å². The first-order valence-corrected chi connectivity index (χ1v) is 10.8. The molecule has 0 amide bonds. The molecular weight excluding hydrogens is 396 g/mol. The Hall–Kier alpha value is -3.66. The summed E-state index contributed by atoms with van der Waals surface area (Å²) in [7, 11) is 0. The third kappa shape index (κ3) is 4.65. The quantitative estimate of drug-likeness (QED) is 0.426. The topological polar surface area (TPSA) is 70.5 Å². The first kappa shape index (κ1) is 21.6. The lowest BCUT2D eigenvalue weighted by molar-refractivity contribution is 0.271. The van der Waals surface area contributed by atoms with Crippen molar-refractivity contribution < 1.29 is 9.47 Å². The van der Waals surface area contributed by atoms with Gasteiger partial charge in [0.05, 0.1) is 0 Å². The number of allylic oxidation sites excluding steroid dienone is 4. The molecule has 1 aliphatic rings. The van der Waals surface area contributed by atoms with Crippen molar-refractivity contribution in [3.63, 3.8) is 0 Å². The van der Waals surface area contributed by atoms with Crippen LogP contribution < -0.4 is 20.9 Å². The SMILES string of the molecule is CC1=C(Oc2cccc(N)c2)C(C)(C)CC(c2ccc(Oc3cccc(N)c3)c(C)c2)=C1. The molecule has 1 aliphatic carbocycles. The van der Waals surface area contributed by atoms with Crippen LogP contribution in [0, 0.1) is 12.3 Å². The van der Waals surface area contributed by atoms with Crippen LogP contribution in [0.1, 0.15) is 38.3 Å². The molecule has 0 saturated carbocycles. The van der Waals surface area contributed by atoms with Crippen molar-refractivity contribution in [3.05, 3.63) is 95.3 Å². The highest BCUT2D eigenvalue weighted by molar-refractivity contribution is 5.72. The van der Waals surface area contributed by atoms with E-state index in [1.54, 1.807) is 0 Å². The van der Waals surface area contributed by atoms with E-state index in [9.17, 15) is 0 Å². The van der Waals surface area contributed by atoms with Gasteiger partial charge in [-0.2, -0.15) is 0 Å². The molecule has 0 fully saturated rings. The summed E-state index contributed by atoms with van der Waals surface area (Å²) in [5, 5.41) is 0. The zero-order chi connectivity index (χ0) is 22.9. The fourth-order valence-electron chi connectivity index (χ4n) is 4.24. The number of hydrogen-bond donors (Lipinski definition) is 2. The highest BCUT2D eigenvalue weighted by Crippen LogP contribution is 2.44. The van der Waals surface area contributed by atoms with Crippen LogP contribution in [0.25, 0.3) is 5.57 Å². The van der Waals surface area contributed by atoms with Crippen LogP contribution in [-0.4, -0.2) is 0 Å². The lowest BCUT2D eigenvalue weighted by Crippen LogP contribution is -2.24. The highest BCUT2D eigenvalue weighted by atomic mass is 16.5. The van der Waals surface area contributed by atoms with Gasteiger partial charge in [-0.05, 0) is 78.9 Å². The normalized spacial score (nSPS) is 15.3. The second-order valence-corrected chi connectivity index (χ2v) is 9.07. The van der Waals surface area contributed by atoms with Crippen LogP contribution in [0.5, 0.6) is 17.2 Å². The van der Waals surface area contributed by atoms with Gasteiger partial charge >= 0.3 is 0 Å². The molecule has 0 spiro atoms. The second kappa shape index (κ2) is 8.46. The van der Waals surface area contributed by atoms with E-state index in [4.69, 9.17) is 20.9 Å². The smallest absolute Gasteiger partial charge is 0.130 e. The molecule has 0 saturated heterocycles. The van der Waals surface area contributed by atoms with Crippen molar-refractivity contribution in [2.24, 2.45) is 5.41 Å². The van der Waals surface area contributed by atoms with Crippen molar-refractivity contribution in [2.75, 3.05) is 11.5 Å². The van der Waals surface area contributed by atoms with Gasteiger partial charge in [-0.15, -0.1) is 0 Å². The number of ether oxygens (including phenoxy) is 2. The molecule has 4 N–H and O–H groups in total. The molecule has 0 bridgehead atoms. The Morgan fingerprint density at radius 2 is 1.41 bits per heavy atom. The maximum absolute atomic E-state index is 6.29. The number of benzene rings is 3. The third-order valence-corrected chi connectivity index (χ3v) is 5.71. The Labute approximate surface area is 190 Å². The van der Waals surface area contributed by atoms with Gasteiger partial charge in [0, 0.05) is 28.9 Å². The second-order valence-electron chi connectivity index (χ2n) is 9.07. The summed E-state index contributed by atoms with van der Waals surface area (Å²) < 4.78 is 12.3. The number of nitrogen functional groups attached to an aromatic ring is 2. The standard InChI is InChI=1S/C28H30N2O2/c1-18-13-20(11-12-26(18)31-24-9-5-7-22(29)15-24)21-14-19(2)27(28(3,4)17-21)32-25-10-6-8-23(30)16-25/h5-16H,17,29-30H2,1-4H3. The number of anilines is 2. The number of aryl methyl sites for hydroxylation is 1. The monoisotopic (exact) mass is 426 g/mol. The summed E-state index contributed by atoms with van der Waals surface area (Å²) in [4.78, 5) is 0. The summed E-state index contributed by atoms with van der Waals surface area (Å²) in [6.45, 7) is 8.61. The Morgan fingerprint density at radius 3 is 1.97 bits per heavy atom. The molecule has 0 unspecified atom stereocenters. The van der Waals surface area contributed by atoms with Crippen molar-refractivity contribution >= 4 is 16.9 Å². The van der Waals surface area contributed by atoms with E-state index in [0.29, 0.717) is 11.4 Å². The van der Waals surface area contributed by atoms with E-state index in [0.717, 1.165) is 40.6 Å². The summed E-state index contributed by atoms with van der Waals surface area (Å²) >= 11 is 0. The van der Waals surface area contributed by atoms with E-state index in [-0.39, 0.29) is 5.41 Å². The average molecular weight is 427 g/mol. The maximum Gasteiger partial charge on any atom is 0.130 e. The maximum atomic E-state index is 6.29. The minimum Gasteiger partial charge on any atom is -0.461 e. The van der Waals surface area contributed by atoms with Crippen molar-refractivity contribution in [1.82, 2.24) is 0 Å². The Kier molecular flexibility index (Phi) is 5.70. The third-order valence-electron chi connectivity index (χ3n) is 5.71. The van der Waals surface area contributed by atoms with Gasteiger partial charge < -0.3 is 20.9 Å². The molecule has 3 aromatic carbocycles. The average Bonchev–Trinajstić information content (AvgIpc) is 2.72. The number of nitrogens with two attached hydrogens (primary N) is 2. The van der Waals surface area contributed by atoms with Gasteiger partial charge in [-0.1, -0.05) is 38.1 Å².